The SMILES string of the molecule is CC(Cn1cnnn1)Oc1cc(-c2cnc(Nc3cn(C4CCC(N5CC(C)(O)C5)CC4)nc3OCC(F)(F)F)nc2)ccc1Cl. The van der Waals surface area contributed by atoms with Crippen molar-refractivity contribution in [2.45, 2.75) is 76.0 Å². The molecule has 6 rings (SSSR count). The van der Waals surface area contributed by atoms with E-state index in [1.54, 1.807) is 46.2 Å². The van der Waals surface area contributed by atoms with Crippen LogP contribution in [-0.2, 0) is 6.54 Å². The summed E-state index contributed by atoms with van der Waals surface area (Å²) in [5, 5.41) is 28.9. The molecular weight excluding hydrogens is 629 g/mol. The minimum absolute atomic E-state index is 0.00188. The van der Waals surface area contributed by atoms with Crippen molar-refractivity contribution in [3.8, 4) is 22.8 Å². The van der Waals surface area contributed by atoms with Gasteiger partial charge in [-0.25, -0.2) is 14.6 Å². The van der Waals surface area contributed by atoms with Crippen LogP contribution in [0.25, 0.3) is 11.1 Å². The van der Waals surface area contributed by atoms with Crippen LogP contribution in [0.5, 0.6) is 11.6 Å². The Morgan fingerprint density at radius 3 is 2.48 bits per heavy atom. The number of likely N-dealkylation sites (tertiary alicyclic amines) is 1. The number of aromatic nitrogens is 8. The summed E-state index contributed by atoms with van der Waals surface area (Å²) in [6.07, 6.45) is 4.92. The van der Waals surface area contributed by atoms with E-state index in [1.165, 1.54) is 6.33 Å². The fraction of sp³-hybridized carbons (Fsp3) is 0.517. The Morgan fingerprint density at radius 2 is 1.83 bits per heavy atom. The van der Waals surface area contributed by atoms with Gasteiger partial charge >= 0.3 is 6.18 Å². The van der Waals surface area contributed by atoms with Gasteiger partial charge in [0.2, 0.25) is 5.95 Å². The van der Waals surface area contributed by atoms with Crippen LogP contribution in [0, 0.1) is 0 Å². The van der Waals surface area contributed by atoms with Crippen molar-refractivity contribution in [3.63, 3.8) is 0 Å². The van der Waals surface area contributed by atoms with Crippen LogP contribution in [0.2, 0.25) is 5.02 Å². The number of rotatable bonds is 11. The standard InChI is InChI=1S/C29H34ClF3N10O3/c1-18(12-42-17-36-39-40-42)46-25-9-19(3-8-23(25)30)20-10-34-27(35-11-20)37-24-13-43(38-26(24)45-16-29(31,32)33)22-6-4-21(5-7-22)41-14-28(2,44)15-41/h3,8-11,13,17-18,21-22,44H,4-7,12,14-16H2,1-2H3,(H,34,35,37). The second-order valence-corrected chi connectivity index (χ2v) is 12.5. The van der Waals surface area contributed by atoms with Gasteiger partial charge in [0.15, 0.2) is 6.61 Å². The van der Waals surface area contributed by atoms with Crippen molar-refractivity contribution >= 4 is 23.2 Å². The molecule has 0 amide bonds. The van der Waals surface area contributed by atoms with Gasteiger partial charge in [0.25, 0.3) is 5.88 Å². The molecule has 4 heterocycles. The van der Waals surface area contributed by atoms with Crippen LogP contribution < -0.4 is 14.8 Å². The molecule has 1 atom stereocenters. The molecule has 1 saturated heterocycles. The lowest BCUT2D eigenvalue weighted by Crippen LogP contribution is -2.63. The summed E-state index contributed by atoms with van der Waals surface area (Å²) < 4.78 is 53.4. The number of nitrogens with zero attached hydrogens (tertiary/aromatic N) is 9. The quantitative estimate of drug-likeness (QED) is 0.231. The first-order valence-corrected chi connectivity index (χ1v) is 15.3. The predicted octanol–water partition coefficient (Wildman–Crippen LogP) is 4.68. The number of β-amino-alcohol motifs (C(OH)–C–C–N with tert-alkyl or cyclic N) is 1. The molecule has 2 aliphatic rings. The Hall–Kier alpha value is -4.02. The second-order valence-electron chi connectivity index (χ2n) is 12.1. The maximum atomic E-state index is 13.0. The third kappa shape index (κ3) is 7.85. The fourth-order valence-corrected chi connectivity index (χ4v) is 6.06. The number of alkyl halides is 3. The number of hydrogen-bond donors (Lipinski definition) is 2. The highest BCUT2D eigenvalue weighted by Gasteiger charge is 2.41. The zero-order chi connectivity index (χ0) is 32.5. The summed E-state index contributed by atoms with van der Waals surface area (Å²) in [4.78, 5) is 11.0. The van der Waals surface area contributed by atoms with Gasteiger partial charge in [0.05, 0.1) is 29.4 Å². The summed E-state index contributed by atoms with van der Waals surface area (Å²) in [5.41, 5.74) is 1.02. The molecule has 246 valence electrons. The number of hydrogen-bond acceptors (Lipinski definition) is 11. The maximum Gasteiger partial charge on any atom is 0.422 e. The van der Waals surface area contributed by atoms with Crippen LogP contribution in [-0.4, -0.2) is 93.6 Å². The van der Waals surface area contributed by atoms with E-state index < -0.39 is 18.4 Å². The molecule has 1 unspecified atom stereocenters. The predicted molar refractivity (Wildman–Crippen MR) is 161 cm³/mol. The highest BCUT2D eigenvalue weighted by Crippen LogP contribution is 2.37. The first-order valence-electron chi connectivity index (χ1n) is 14.9. The van der Waals surface area contributed by atoms with Gasteiger partial charge in [-0.15, -0.1) is 10.2 Å². The van der Waals surface area contributed by atoms with Crippen molar-refractivity contribution in [3.05, 3.63) is 48.1 Å². The van der Waals surface area contributed by atoms with E-state index in [4.69, 9.17) is 21.1 Å². The highest BCUT2D eigenvalue weighted by atomic mass is 35.5. The molecule has 4 aromatic rings. The van der Waals surface area contributed by atoms with Crippen molar-refractivity contribution in [2.24, 2.45) is 0 Å². The van der Waals surface area contributed by atoms with Crippen molar-refractivity contribution in [2.75, 3.05) is 25.0 Å². The normalized spacial score (nSPS) is 20.6. The number of anilines is 2. The topological polar surface area (TPSA) is 141 Å². The summed E-state index contributed by atoms with van der Waals surface area (Å²) in [5.74, 6) is 0.446. The van der Waals surface area contributed by atoms with Crippen molar-refractivity contribution in [1.82, 2.24) is 44.9 Å². The van der Waals surface area contributed by atoms with E-state index in [1.807, 2.05) is 13.8 Å². The van der Waals surface area contributed by atoms with Crippen LogP contribution >= 0.6 is 11.6 Å². The third-order valence-corrected chi connectivity index (χ3v) is 8.35. The lowest BCUT2D eigenvalue weighted by Gasteiger charge is -2.50. The first kappa shape index (κ1) is 31.9. The van der Waals surface area contributed by atoms with Gasteiger partial charge in [-0.3, -0.25) is 9.58 Å². The average molecular weight is 663 g/mol. The Balaban J connectivity index is 1.13. The highest BCUT2D eigenvalue weighted by molar-refractivity contribution is 6.32. The molecule has 3 aromatic heterocycles. The zero-order valence-electron chi connectivity index (χ0n) is 25.2. The van der Waals surface area contributed by atoms with E-state index in [9.17, 15) is 18.3 Å². The van der Waals surface area contributed by atoms with Crippen molar-refractivity contribution in [1.29, 1.82) is 0 Å². The second kappa shape index (κ2) is 13.0. The lowest BCUT2D eigenvalue weighted by molar-refractivity contribution is -0.154. The monoisotopic (exact) mass is 662 g/mol. The number of aliphatic hydroxyl groups is 1. The number of benzene rings is 1. The minimum atomic E-state index is -4.53. The van der Waals surface area contributed by atoms with Gasteiger partial charge in [0, 0.05) is 37.1 Å². The van der Waals surface area contributed by atoms with Gasteiger partial charge in [-0.1, -0.05) is 17.7 Å². The average Bonchev–Trinajstić information content (AvgIpc) is 3.66. The lowest BCUT2D eigenvalue weighted by atomic mass is 9.85. The maximum absolute atomic E-state index is 13.0. The van der Waals surface area contributed by atoms with Gasteiger partial charge in [-0.2, -0.15) is 13.2 Å². The van der Waals surface area contributed by atoms with E-state index >= 15 is 0 Å². The molecule has 0 spiro atoms. The summed E-state index contributed by atoms with van der Waals surface area (Å²) >= 11 is 6.38. The van der Waals surface area contributed by atoms with E-state index in [0.29, 0.717) is 42.0 Å². The summed E-state index contributed by atoms with van der Waals surface area (Å²) in [7, 11) is 0. The first-order chi connectivity index (χ1) is 21.9. The Kier molecular flexibility index (Phi) is 9.03. The molecule has 1 aliphatic heterocycles. The molecule has 1 saturated carbocycles. The van der Waals surface area contributed by atoms with Gasteiger partial charge in [-0.05, 0) is 67.7 Å². The number of tetrazole rings is 1. The molecule has 1 aliphatic carbocycles. The van der Waals surface area contributed by atoms with Crippen LogP contribution in [0.15, 0.2) is 43.1 Å². The van der Waals surface area contributed by atoms with Crippen LogP contribution in [0.4, 0.5) is 24.8 Å². The zero-order valence-corrected chi connectivity index (χ0v) is 26.0. The minimum Gasteiger partial charge on any atom is -0.487 e. The molecular formula is C29H34ClF3N10O3. The molecule has 2 N–H and O–H groups in total. The van der Waals surface area contributed by atoms with Crippen LogP contribution in [0.1, 0.15) is 45.6 Å². The van der Waals surface area contributed by atoms with E-state index in [0.717, 1.165) is 31.2 Å². The molecule has 0 radical (unpaired) electrons. The smallest absolute Gasteiger partial charge is 0.422 e. The molecule has 17 heteroatoms. The van der Waals surface area contributed by atoms with Gasteiger partial charge in [0.1, 0.15) is 23.9 Å². The summed E-state index contributed by atoms with van der Waals surface area (Å²) in [6, 6.07) is 5.67. The molecule has 1 aromatic carbocycles. The summed E-state index contributed by atoms with van der Waals surface area (Å²) in [6.45, 7) is 3.96. The number of halogens is 4. The van der Waals surface area contributed by atoms with Gasteiger partial charge < -0.3 is 19.9 Å². The number of ether oxygens (including phenoxy) is 2. The van der Waals surface area contributed by atoms with E-state index in [2.05, 4.69) is 40.8 Å². The Bertz CT molecular complexity index is 1600. The molecule has 13 nitrogen and oxygen atoms in total. The van der Waals surface area contributed by atoms with Crippen molar-refractivity contribution < 1.29 is 27.8 Å². The third-order valence-electron chi connectivity index (χ3n) is 8.04. The number of nitrogens with one attached hydrogen (secondary N) is 1. The fourth-order valence-electron chi connectivity index (χ4n) is 5.90. The largest absolute Gasteiger partial charge is 0.487 e. The Labute approximate surface area is 267 Å². The molecule has 2 fully saturated rings. The van der Waals surface area contributed by atoms with E-state index in [-0.39, 0.29) is 29.7 Å². The van der Waals surface area contributed by atoms with Crippen LogP contribution in [0.3, 0.4) is 0 Å². The molecule has 46 heavy (non-hydrogen) atoms. The molecule has 0 bridgehead atoms. The Morgan fingerprint density at radius 1 is 1.11 bits per heavy atom.